The van der Waals surface area contributed by atoms with Gasteiger partial charge in [0, 0.05) is 6.07 Å². The molecule has 0 saturated carbocycles. The van der Waals surface area contributed by atoms with Gasteiger partial charge in [-0.3, -0.25) is 20.2 Å². The third-order valence-corrected chi connectivity index (χ3v) is 1.75. The topological polar surface area (TPSA) is 111 Å². The van der Waals surface area contributed by atoms with Gasteiger partial charge in [0.25, 0.3) is 0 Å². The van der Waals surface area contributed by atoms with Crippen molar-refractivity contribution >= 4 is 34.7 Å². The second-order valence-corrected chi connectivity index (χ2v) is 3.32. The van der Waals surface area contributed by atoms with Crippen molar-refractivity contribution in [2.24, 2.45) is 0 Å². The van der Waals surface area contributed by atoms with Gasteiger partial charge in [0.2, 0.25) is 5.82 Å². The molecule has 0 radical (unpaired) electrons. The summed E-state index contributed by atoms with van der Waals surface area (Å²) in [4.78, 5) is 23.8. The van der Waals surface area contributed by atoms with E-state index in [2.05, 4.69) is 16.6 Å². The van der Waals surface area contributed by atoms with Gasteiger partial charge in [0.1, 0.15) is 0 Å². The van der Waals surface area contributed by atoms with Crippen LogP contribution in [0.5, 0.6) is 0 Å². The number of hydrogen-bond acceptors (Lipinski definition) is 5. The molecule has 1 amide bonds. The van der Waals surface area contributed by atoms with E-state index in [1.807, 2.05) is 0 Å². The van der Waals surface area contributed by atoms with Crippen LogP contribution in [0.25, 0.3) is 0 Å². The van der Waals surface area contributed by atoms with E-state index in [0.717, 1.165) is 12.3 Å². The number of nitrogens with zero attached hydrogens (tertiary/aromatic N) is 2. The van der Waals surface area contributed by atoms with E-state index in [9.17, 15) is 23.7 Å². The molecule has 0 saturated heterocycles. The van der Waals surface area contributed by atoms with Gasteiger partial charge < -0.3 is 5.73 Å². The lowest BCUT2D eigenvalue weighted by molar-refractivity contribution is -0.384. The summed E-state index contributed by atoms with van der Waals surface area (Å²) in [7, 11) is 0. The molecule has 92 valence electrons. The molecule has 1 aromatic rings. The fourth-order valence-electron chi connectivity index (χ4n) is 0.883. The Morgan fingerprint density at radius 1 is 1.65 bits per heavy atom. The molecule has 0 aromatic carbocycles. The zero-order valence-corrected chi connectivity index (χ0v) is 8.74. The summed E-state index contributed by atoms with van der Waals surface area (Å²) in [5, 5.41) is 7.89. The van der Waals surface area contributed by atoms with Crippen LogP contribution in [0, 0.1) is 10.1 Å². The minimum absolute atomic E-state index is 0.0488. The highest BCUT2D eigenvalue weighted by Gasteiger charge is 2.37. The first-order chi connectivity index (χ1) is 7.71. The van der Waals surface area contributed by atoms with Crippen LogP contribution >= 0.6 is 11.6 Å². The second-order valence-electron chi connectivity index (χ2n) is 2.85. The first kappa shape index (κ1) is 13.0. The van der Waals surface area contributed by atoms with Crippen molar-refractivity contribution in [2.75, 3.05) is 11.1 Å². The van der Waals surface area contributed by atoms with E-state index in [0.29, 0.717) is 0 Å². The quantitative estimate of drug-likeness (QED) is 0.487. The molecule has 1 rings (SSSR count). The Hall–Kier alpha value is -2.03. The summed E-state index contributed by atoms with van der Waals surface area (Å²) in [6.07, 6.45) is 0.967. The van der Waals surface area contributed by atoms with Gasteiger partial charge in [-0.15, -0.1) is 0 Å². The predicted molar refractivity (Wildman–Crippen MR) is 54.7 cm³/mol. The molecule has 0 bridgehead atoms. The molecular formula is C7H5ClF2N4O3. The Bertz CT molecular complexity index is 477. The molecule has 1 heterocycles. The highest BCUT2D eigenvalue weighted by Crippen LogP contribution is 2.26. The number of nitro groups is 1. The van der Waals surface area contributed by atoms with Crippen molar-refractivity contribution in [2.45, 2.75) is 5.38 Å². The number of nitrogen functional groups attached to an aromatic ring is 1. The lowest BCUT2D eigenvalue weighted by atomic mass is 10.3. The van der Waals surface area contributed by atoms with Crippen molar-refractivity contribution in [1.29, 1.82) is 0 Å². The summed E-state index contributed by atoms with van der Waals surface area (Å²) in [6, 6.07) is 0.870. The molecule has 7 nitrogen and oxygen atoms in total. The van der Waals surface area contributed by atoms with Gasteiger partial charge in [-0.25, -0.2) is 4.98 Å². The normalized spacial score (nSPS) is 11.0. The molecule has 3 N–H and O–H groups in total. The Labute approximate surface area is 97.7 Å². The number of rotatable bonds is 3. The number of amides is 1. The molecule has 0 unspecified atom stereocenters. The number of carbonyl (C=O) groups is 1. The number of carbonyl (C=O) groups excluding carboxylic acids is 1. The Morgan fingerprint density at radius 2 is 2.24 bits per heavy atom. The Balaban J connectivity index is 3.07. The van der Waals surface area contributed by atoms with Gasteiger partial charge in [0.15, 0.2) is 0 Å². The van der Waals surface area contributed by atoms with Crippen LogP contribution in [0.4, 0.5) is 26.0 Å². The fourth-order valence-corrected chi connectivity index (χ4v) is 0.930. The molecule has 0 spiro atoms. The van der Waals surface area contributed by atoms with Crippen LogP contribution in [0.2, 0.25) is 0 Å². The van der Waals surface area contributed by atoms with Crippen molar-refractivity contribution in [3.63, 3.8) is 0 Å². The molecule has 10 heteroatoms. The van der Waals surface area contributed by atoms with Crippen LogP contribution in [-0.2, 0) is 4.79 Å². The van der Waals surface area contributed by atoms with E-state index in [-0.39, 0.29) is 5.69 Å². The van der Waals surface area contributed by atoms with Gasteiger partial charge in [-0.1, -0.05) is 0 Å². The highest BCUT2D eigenvalue weighted by molar-refractivity contribution is 6.33. The van der Waals surface area contributed by atoms with Crippen LogP contribution in [0.15, 0.2) is 12.3 Å². The number of hydrogen-bond donors (Lipinski definition) is 2. The van der Waals surface area contributed by atoms with Crippen LogP contribution in [0.1, 0.15) is 0 Å². The molecule has 1 aromatic heterocycles. The summed E-state index contributed by atoms with van der Waals surface area (Å²) >= 11 is 4.43. The van der Waals surface area contributed by atoms with Crippen molar-refractivity contribution in [1.82, 2.24) is 4.98 Å². The number of anilines is 2. The zero-order chi connectivity index (χ0) is 13.2. The smallest absolute Gasteiger partial charge is 0.397 e. The maximum Gasteiger partial charge on any atom is 0.400 e. The molecule has 17 heavy (non-hydrogen) atoms. The van der Waals surface area contributed by atoms with Crippen LogP contribution in [0.3, 0.4) is 0 Å². The van der Waals surface area contributed by atoms with Gasteiger partial charge >= 0.3 is 17.0 Å². The third-order valence-electron chi connectivity index (χ3n) is 1.57. The first-order valence-electron chi connectivity index (χ1n) is 4.00. The van der Waals surface area contributed by atoms with Crippen LogP contribution < -0.4 is 11.1 Å². The molecule has 0 fully saturated rings. The molecular weight excluding hydrogens is 262 g/mol. The lowest BCUT2D eigenvalue weighted by Gasteiger charge is -2.08. The molecule has 0 aliphatic heterocycles. The van der Waals surface area contributed by atoms with E-state index in [1.165, 1.54) is 5.32 Å². The maximum absolute atomic E-state index is 12.3. The summed E-state index contributed by atoms with van der Waals surface area (Å²) in [6.45, 7) is 0. The predicted octanol–water partition coefficient (Wildman–Crippen LogP) is 1.34. The fraction of sp³-hybridized carbons (Fsp3) is 0.143. The second kappa shape index (κ2) is 4.45. The number of nitrogens with two attached hydrogens (primary N) is 1. The van der Waals surface area contributed by atoms with Gasteiger partial charge in [0.05, 0.1) is 16.8 Å². The SMILES string of the molecule is Nc1cnc(NC(=O)C(F)(F)Cl)c([N+](=O)[O-])c1. The third kappa shape index (κ3) is 3.21. The van der Waals surface area contributed by atoms with E-state index < -0.39 is 27.7 Å². The van der Waals surface area contributed by atoms with Gasteiger partial charge in [-0.2, -0.15) is 8.78 Å². The summed E-state index contributed by atoms with van der Waals surface area (Å²) in [5.41, 5.74) is 4.47. The largest absolute Gasteiger partial charge is 0.400 e. The minimum atomic E-state index is -4.18. The molecule has 0 aliphatic carbocycles. The minimum Gasteiger partial charge on any atom is -0.397 e. The van der Waals surface area contributed by atoms with Crippen LogP contribution in [-0.4, -0.2) is 21.2 Å². The molecule has 0 aliphatic rings. The van der Waals surface area contributed by atoms with Gasteiger partial charge in [-0.05, 0) is 11.6 Å². The Morgan fingerprint density at radius 3 is 2.71 bits per heavy atom. The first-order valence-corrected chi connectivity index (χ1v) is 4.37. The lowest BCUT2D eigenvalue weighted by Crippen LogP contribution is -2.29. The van der Waals surface area contributed by atoms with E-state index >= 15 is 0 Å². The monoisotopic (exact) mass is 266 g/mol. The van der Waals surface area contributed by atoms with Crippen molar-refractivity contribution in [3.8, 4) is 0 Å². The highest BCUT2D eigenvalue weighted by atomic mass is 35.5. The summed E-state index contributed by atoms with van der Waals surface area (Å²) < 4.78 is 24.7. The van der Waals surface area contributed by atoms with E-state index in [1.54, 1.807) is 0 Å². The standard InChI is InChI=1S/C7H5ClF2N4O3/c8-7(9,10)6(15)13-5-4(14(16)17)1-3(11)2-12-5/h1-2H,11H2,(H,12,13,15). The number of nitrogens with one attached hydrogen (secondary N) is 1. The molecule has 0 atom stereocenters. The number of halogens is 3. The summed E-state index contributed by atoms with van der Waals surface area (Å²) in [5.74, 6) is -2.57. The Kier molecular flexibility index (Phi) is 3.42. The van der Waals surface area contributed by atoms with Crippen molar-refractivity contribution < 1.29 is 18.5 Å². The maximum atomic E-state index is 12.3. The van der Waals surface area contributed by atoms with Crippen molar-refractivity contribution in [3.05, 3.63) is 22.4 Å². The number of aromatic nitrogens is 1. The number of pyridine rings is 1. The average molecular weight is 267 g/mol. The number of alkyl halides is 3. The zero-order valence-electron chi connectivity index (χ0n) is 7.99. The van der Waals surface area contributed by atoms with E-state index in [4.69, 9.17) is 5.73 Å². The average Bonchev–Trinajstić information content (AvgIpc) is 2.18.